The normalized spacial score (nSPS) is 17.6. The van der Waals surface area contributed by atoms with Gasteiger partial charge in [-0.1, -0.05) is 50.5 Å². The third-order valence-electron chi connectivity index (χ3n) is 4.90. The summed E-state index contributed by atoms with van der Waals surface area (Å²) in [5.74, 6) is 0.653. The summed E-state index contributed by atoms with van der Waals surface area (Å²) in [5.41, 5.74) is 2.22. The molecule has 4 heteroatoms. The standard InChI is InChI=1S/C18H29NO2S/c1-4-14-19-22(20,21)18(2,3)17-12-10-16(11-13-17)15-8-6-5-7-9-15/h10-13,15,19H,4-9,14H2,1-3H3. The average Bonchev–Trinajstić information content (AvgIpc) is 2.54. The lowest BCUT2D eigenvalue weighted by molar-refractivity contribution is 0.443. The second-order valence-electron chi connectivity index (χ2n) is 6.87. The number of nitrogens with one attached hydrogen (secondary N) is 1. The zero-order chi connectivity index (χ0) is 16.2. The first-order valence-electron chi connectivity index (χ1n) is 8.48. The number of hydrogen-bond acceptors (Lipinski definition) is 2. The summed E-state index contributed by atoms with van der Waals surface area (Å²) < 4.78 is 26.8. The minimum absolute atomic E-state index is 0.492. The second-order valence-corrected chi connectivity index (χ2v) is 9.18. The average molecular weight is 324 g/mol. The smallest absolute Gasteiger partial charge is 0.214 e. The Kier molecular flexibility index (Phi) is 5.67. The zero-order valence-electron chi connectivity index (χ0n) is 14.1. The molecule has 1 fully saturated rings. The highest BCUT2D eigenvalue weighted by molar-refractivity contribution is 7.90. The van der Waals surface area contributed by atoms with Crippen molar-refractivity contribution in [2.24, 2.45) is 0 Å². The summed E-state index contributed by atoms with van der Waals surface area (Å²) in [7, 11) is -3.36. The fourth-order valence-corrected chi connectivity index (χ4v) is 4.44. The van der Waals surface area contributed by atoms with Gasteiger partial charge in [0.15, 0.2) is 0 Å². The quantitative estimate of drug-likeness (QED) is 0.848. The molecule has 0 spiro atoms. The topological polar surface area (TPSA) is 46.2 Å². The van der Waals surface area contributed by atoms with Crippen molar-refractivity contribution in [1.82, 2.24) is 4.72 Å². The highest BCUT2D eigenvalue weighted by Gasteiger charge is 2.35. The second kappa shape index (κ2) is 7.14. The van der Waals surface area contributed by atoms with Crippen molar-refractivity contribution in [3.05, 3.63) is 35.4 Å². The number of rotatable bonds is 6. The highest BCUT2D eigenvalue weighted by atomic mass is 32.2. The van der Waals surface area contributed by atoms with E-state index in [4.69, 9.17) is 0 Å². The van der Waals surface area contributed by atoms with E-state index in [1.54, 1.807) is 13.8 Å². The molecule has 1 aromatic carbocycles. The monoisotopic (exact) mass is 323 g/mol. The van der Waals surface area contributed by atoms with Crippen LogP contribution >= 0.6 is 0 Å². The number of hydrogen-bond donors (Lipinski definition) is 1. The fourth-order valence-electron chi connectivity index (χ4n) is 3.16. The van der Waals surface area contributed by atoms with Gasteiger partial charge in [0.25, 0.3) is 0 Å². The first-order valence-corrected chi connectivity index (χ1v) is 9.96. The molecule has 22 heavy (non-hydrogen) atoms. The maximum Gasteiger partial charge on any atom is 0.221 e. The van der Waals surface area contributed by atoms with Gasteiger partial charge in [-0.05, 0) is 50.2 Å². The Labute approximate surface area is 135 Å². The van der Waals surface area contributed by atoms with Gasteiger partial charge in [0.2, 0.25) is 10.0 Å². The van der Waals surface area contributed by atoms with E-state index in [1.165, 1.54) is 37.7 Å². The summed E-state index contributed by atoms with van der Waals surface area (Å²) in [6.07, 6.45) is 7.30. The van der Waals surface area contributed by atoms with Crippen molar-refractivity contribution >= 4 is 10.0 Å². The molecule has 1 saturated carbocycles. The predicted molar refractivity (Wildman–Crippen MR) is 92.5 cm³/mol. The van der Waals surface area contributed by atoms with Crippen LogP contribution in [0.2, 0.25) is 0 Å². The minimum Gasteiger partial charge on any atom is -0.214 e. The molecule has 0 unspecified atom stereocenters. The molecule has 124 valence electrons. The van der Waals surface area contributed by atoms with Gasteiger partial charge in [-0.15, -0.1) is 0 Å². The predicted octanol–water partition coefficient (Wildman–Crippen LogP) is 4.30. The van der Waals surface area contributed by atoms with E-state index >= 15 is 0 Å². The van der Waals surface area contributed by atoms with Crippen LogP contribution in [-0.2, 0) is 14.8 Å². The van der Waals surface area contributed by atoms with Crippen LogP contribution in [0.25, 0.3) is 0 Å². The van der Waals surface area contributed by atoms with Gasteiger partial charge >= 0.3 is 0 Å². The molecule has 1 aliphatic rings. The molecule has 1 N–H and O–H groups in total. The van der Waals surface area contributed by atoms with Gasteiger partial charge in [-0.3, -0.25) is 0 Å². The molecule has 0 atom stereocenters. The van der Waals surface area contributed by atoms with Gasteiger partial charge in [-0.2, -0.15) is 0 Å². The maximum atomic E-state index is 12.5. The Bertz CT molecular complexity index is 570. The largest absolute Gasteiger partial charge is 0.221 e. The van der Waals surface area contributed by atoms with Crippen LogP contribution in [0.1, 0.15) is 76.3 Å². The molecule has 0 bridgehead atoms. The van der Waals surface area contributed by atoms with Crippen LogP contribution < -0.4 is 4.72 Å². The molecule has 0 amide bonds. The Morgan fingerprint density at radius 2 is 1.68 bits per heavy atom. The van der Waals surface area contributed by atoms with E-state index in [0.29, 0.717) is 12.5 Å². The first-order chi connectivity index (χ1) is 10.4. The van der Waals surface area contributed by atoms with Gasteiger partial charge in [0.1, 0.15) is 4.75 Å². The van der Waals surface area contributed by atoms with Crippen LogP contribution in [0.4, 0.5) is 0 Å². The van der Waals surface area contributed by atoms with Crippen LogP contribution in [-0.4, -0.2) is 15.0 Å². The van der Waals surface area contributed by atoms with Gasteiger partial charge < -0.3 is 0 Å². The molecule has 0 aromatic heterocycles. The molecule has 0 radical (unpaired) electrons. The Hall–Kier alpha value is -0.870. The molecule has 1 aliphatic carbocycles. The van der Waals surface area contributed by atoms with E-state index in [2.05, 4.69) is 16.9 Å². The van der Waals surface area contributed by atoms with Gasteiger partial charge in [0, 0.05) is 6.54 Å². The van der Waals surface area contributed by atoms with Crippen molar-refractivity contribution in [2.75, 3.05) is 6.54 Å². The fraction of sp³-hybridized carbons (Fsp3) is 0.667. The van der Waals surface area contributed by atoms with Crippen LogP contribution in [0, 0.1) is 0 Å². The molecule has 1 aromatic rings. The van der Waals surface area contributed by atoms with Gasteiger partial charge in [-0.25, -0.2) is 13.1 Å². The van der Waals surface area contributed by atoms with E-state index in [1.807, 2.05) is 19.1 Å². The molecule has 2 rings (SSSR count). The first kappa shape index (κ1) is 17.5. The SMILES string of the molecule is CCCNS(=O)(=O)C(C)(C)c1ccc(C2CCCCC2)cc1. The van der Waals surface area contributed by atoms with Crippen molar-refractivity contribution < 1.29 is 8.42 Å². The molecule has 0 aliphatic heterocycles. The molecular weight excluding hydrogens is 294 g/mol. The summed E-state index contributed by atoms with van der Waals surface area (Å²) in [6, 6.07) is 8.25. The molecule has 0 heterocycles. The van der Waals surface area contributed by atoms with E-state index < -0.39 is 14.8 Å². The number of benzene rings is 1. The van der Waals surface area contributed by atoms with Crippen LogP contribution in [0.5, 0.6) is 0 Å². The lowest BCUT2D eigenvalue weighted by Gasteiger charge is -2.27. The van der Waals surface area contributed by atoms with E-state index in [-0.39, 0.29) is 0 Å². The van der Waals surface area contributed by atoms with E-state index in [0.717, 1.165) is 12.0 Å². The summed E-state index contributed by atoms with van der Waals surface area (Å²) in [6.45, 7) is 6.02. The Morgan fingerprint density at radius 1 is 1.09 bits per heavy atom. The third-order valence-corrected chi connectivity index (χ3v) is 7.06. The van der Waals surface area contributed by atoms with E-state index in [9.17, 15) is 8.42 Å². The third kappa shape index (κ3) is 3.72. The van der Waals surface area contributed by atoms with Crippen molar-refractivity contribution in [2.45, 2.75) is 70.0 Å². The Morgan fingerprint density at radius 3 is 2.23 bits per heavy atom. The highest BCUT2D eigenvalue weighted by Crippen LogP contribution is 2.35. The Balaban J connectivity index is 2.17. The van der Waals surface area contributed by atoms with Gasteiger partial charge in [0.05, 0.1) is 0 Å². The van der Waals surface area contributed by atoms with Crippen molar-refractivity contribution in [3.63, 3.8) is 0 Å². The van der Waals surface area contributed by atoms with Crippen LogP contribution in [0.15, 0.2) is 24.3 Å². The lowest BCUT2D eigenvalue weighted by Crippen LogP contribution is -2.40. The minimum atomic E-state index is -3.36. The van der Waals surface area contributed by atoms with Crippen molar-refractivity contribution in [1.29, 1.82) is 0 Å². The maximum absolute atomic E-state index is 12.5. The molecule has 3 nitrogen and oxygen atoms in total. The summed E-state index contributed by atoms with van der Waals surface area (Å²) in [4.78, 5) is 0. The summed E-state index contributed by atoms with van der Waals surface area (Å²) >= 11 is 0. The number of sulfonamides is 1. The molecular formula is C18H29NO2S. The van der Waals surface area contributed by atoms with Crippen molar-refractivity contribution in [3.8, 4) is 0 Å². The summed E-state index contributed by atoms with van der Waals surface area (Å²) in [5, 5.41) is 0. The molecule has 0 saturated heterocycles. The zero-order valence-corrected chi connectivity index (χ0v) is 14.9. The lowest BCUT2D eigenvalue weighted by atomic mass is 9.83. The van der Waals surface area contributed by atoms with Crippen LogP contribution in [0.3, 0.4) is 0 Å².